The Labute approximate surface area is 151 Å². The van der Waals surface area contributed by atoms with Crippen molar-refractivity contribution in [1.82, 2.24) is 5.32 Å². The molecule has 0 spiro atoms. The Morgan fingerprint density at radius 3 is 2.46 bits per heavy atom. The lowest BCUT2D eigenvalue weighted by Gasteiger charge is -2.45. The molecule has 1 amide bonds. The average Bonchev–Trinajstić information content (AvgIpc) is 3.30. The number of nitrogens with two attached hydrogens (primary N) is 1. The van der Waals surface area contributed by atoms with E-state index in [1.165, 1.54) is 30.4 Å². The van der Waals surface area contributed by atoms with Crippen LogP contribution in [-0.2, 0) is 10.2 Å². The molecular formula is C20H29ClN2O. The van der Waals surface area contributed by atoms with Crippen molar-refractivity contribution in [3.8, 4) is 0 Å². The fourth-order valence-electron chi connectivity index (χ4n) is 5.03. The maximum absolute atomic E-state index is 13.1. The Hall–Kier alpha value is -1.06. The molecule has 3 N–H and O–H groups in total. The Morgan fingerprint density at radius 2 is 1.88 bits per heavy atom. The van der Waals surface area contributed by atoms with Crippen LogP contribution in [0.25, 0.3) is 0 Å². The molecule has 24 heavy (non-hydrogen) atoms. The van der Waals surface area contributed by atoms with Crippen molar-refractivity contribution >= 4 is 18.3 Å². The zero-order chi connectivity index (χ0) is 16.0. The van der Waals surface area contributed by atoms with Gasteiger partial charge in [-0.2, -0.15) is 0 Å². The quantitative estimate of drug-likeness (QED) is 0.878. The fraction of sp³-hybridized carbons (Fsp3) is 0.650. The number of benzene rings is 1. The third-order valence-corrected chi connectivity index (χ3v) is 6.43. The van der Waals surface area contributed by atoms with Crippen LogP contribution in [0, 0.1) is 18.8 Å². The molecule has 1 aromatic rings. The first kappa shape index (κ1) is 17.8. The van der Waals surface area contributed by atoms with Gasteiger partial charge in [-0.1, -0.05) is 36.2 Å². The zero-order valence-corrected chi connectivity index (χ0v) is 15.3. The lowest BCUT2D eigenvalue weighted by Crippen LogP contribution is -2.55. The van der Waals surface area contributed by atoms with Gasteiger partial charge in [0.2, 0.25) is 5.91 Å². The molecule has 3 fully saturated rings. The molecule has 2 bridgehead atoms. The van der Waals surface area contributed by atoms with Gasteiger partial charge >= 0.3 is 0 Å². The lowest BCUT2D eigenvalue weighted by atomic mass is 9.67. The van der Waals surface area contributed by atoms with E-state index in [1.807, 2.05) is 0 Å². The van der Waals surface area contributed by atoms with Crippen LogP contribution >= 0.6 is 12.4 Å². The third-order valence-electron chi connectivity index (χ3n) is 6.43. The van der Waals surface area contributed by atoms with E-state index in [2.05, 4.69) is 36.5 Å². The predicted molar refractivity (Wildman–Crippen MR) is 99.3 cm³/mol. The molecule has 3 nitrogen and oxygen atoms in total. The van der Waals surface area contributed by atoms with Crippen molar-refractivity contribution < 1.29 is 4.79 Å². The van der Waals surface area contributed by atoms with Crippen LogP contribution in [0.3, 0.4) is 0 Å². The first-order chi connectivity index (χ1) is 11.1. The molecule has 132 valence electrons. The van der Waals surface area contributed by atoms with E-state index in [9.17, 15) is 4.79 Å². The molecule has 0 aliphatic heterocycles. The minimum absolute atomic E-state index is 0. The molecule has 0 saturated heterocycles. The highest BCUT2D eigenvalue weighted by molar-refractivity contribution is 5.91. The summed E-state index contributed by atoms with van der Waals surface area (Å²) in [6, 6.07) is 9.18. The first-order valence-corrected chi connectivity index (χ1v) is 9.22. The molecular weight excluding hydrogens is 320 g/mol. The van der Waals surface area contributed by atoms with Crippen molar-refractivity contribution in [3.05, 3.63) is 35.4 Å². The van der Waals surface area contributed by atoms with E-state index in [4.69, 9.17) is 5.73 Å². The van der Waals surface area contributed by atoms with E-state index in [0.29, 0.717) is 23.9 Å². The zero-order valence-electron chi connectivity index (χ0n) is 14.5. The molecule has 0 radical (unpaired) electrons. The number of carbonyl (C=O) groups is 1. The number of hydrogen-bond donors (Lipinski definition) is 2. The van der Waals surface area contributed by atoms with Crippen LogP contribution in [0.4, 0.5) is 0 Å². The summed E-state index contributed by atoms with van der Waals surface area (Å²) in [7, 11) is 0. The topological polar surface area (TPSA) is 55.1 Å². The second kappa shape index (κ2) is 6.68. The first-order valence-electron chi connectivity index (χ1n) is 9.22. The van der Waals surface area contributed by atoms with Crippen molar-refractivity contribution in [2.75, 3.05) is 0 Å². The van der Waals surface area contributed by atoms with Gasteiger partial charge in [0.1, 0.15) is 0 Å². The average molecular weight is 349 g/mol. The number of nitrogens with one attached hydrogen (secondary N) is 1. The van der Waals surface area contributed by atoms with Crippen LogP contribution < -0.4 is 11.1 Å². The van der Waals surface area contributed by atoms with Gasteiger partial charge in [0.05, 0.1) is 5.41 Å². The van der Waals surface area contributed by atoms with Gasteiger partial charge in [-0.3, -0.25) is 4.79 Å². The Bertz CT molecular complexity index is 599. The normalized spacial score (nSPS) is 33.2. The molecule has 2 atom stereocenters. The second-order valence-electron chi connectivity index (χ2n) is 8.13. The highest BCUT2D eigenvalue weighted by Gasteiger charge is 2.53. The second-order valence-corrected chi connectivity index (χ2v) is 8.13. The lowest BCUT2D eigenvalue weighted by molar-refractivity contribution is -0.126. The molecule has 0 aromatic heterocycles. The summed E-state index contributed by atoms with van der Waals surface area (Å²) < 4.78 is 0. The fourth-order valence-corrected chi connectivity index (χ4v) is 5.03. The van der Waals surface area contributed by atoms with Crippen molar-refractivity contribution in [1.29, 1.82) is 0 Å². The van der Waals surface area contributed by atoms with Gasteiger partial charge in [0.25, 0.3) is 0 Å². The predicted octanol–water partition coefficient (Wildman–Crippen LogP) is 3.47. The van der Waals surface area contributed by atoms with Crippen molar-refractivity contribution in [2.24, 2.45) is 17.6 Å². The van der Waals surface area contributed by atoms with Crippen LogP contribution in [0.2, 0.25) is 0 Å². The number of amides is 1. The van der Waals surface area contributed by atoms with Crippen molar-refractivity contribution in [3.63, 3.8) is 0 Å². The van der Waals surface area contributed by atoms with E-state index < -0.39 is 0 Å². The SMILES string of the molecule is Cc1cccc(C2(C(=O)NC3C4CCCC3CC(N)C4)CC2)c1.Cl. The van der Waals surface area contributed by atoms with E-state index in [0.717, 1.165) is 25.7 Å². The smallest absolute Gasteiger partial charge is 0.230 e. The number of carbonyl (C=O) groups excluding carboxylic acids is 1. The molecule has 0 heterocycles. The molecule has 4 rings (SSSR count). The Kier molecular flexibility index (Phi) is 4.94. The van der Waals surface area contributed by atoms with E-state index in [1.54, 1.807) is 0 Å². The largest absolute Gasteiger partial charge is 0.352 e. The summed E-state index contributed by atoms with van der Waals surface area (Å²) in [6.45, 7) is 2.10. The number of rotatable bonds is 3. The number of fused-ring (bicyclic) bond motifs is 2. The standard InChI is InChI=1S/C20H28N2O.ClH/c1-13-4-2-7-16(10-13)20(8-9-20)19(23)22-18-14-5-3-6-15(18)12-17(21)11-14;/h2,4,7,10,14-15,17-18H,3,5-6,8-9,11-12,21H2,1H3,(H,22,23);1H. The summed E-state index contributed by atoms with van der Waals surface area (Å²) in [5.74, 6) is 1.45. The summed E-state index contributed by atoms with van der Waals surface area (Å²) >= 11 is 0. The molecule has 3 aliphatic rings. The van der Waals surface area contributed by atoms with Gasteiger partial charge < -0.3 is 11.1 Å². The number of aryl methyl sites for hydroxylation is 1. The molecule has 2 unspecified atom stereocenters. The third kappa shape index (κ3) is 3.09. The molecule has 4 heteroatoms. The number of hydrogen-bond acceptors (Lipinski definition) is 2. The van der Waals surface area contributed by atoms with Gasteiger partial charge in [-0.05, 0) is 62.8 Å². The highest BCUT2D eigenvalue weighted by atomic mass is 35.5. The van der Waals surface area contributed by atoms with E-state index >= 15 is 0 Å². The Balaban J connectivity index is 0.00000169. The monoisotopic (exact) mass is 348 g/mol. The number of halogens is 1. The highest BCUT2D eigenvalue weighted by Crippen LogP contribution is 2.49. The summed E-state index contributed by atoms with van der Waals surface area (Å²) in [5.41, 5.74) is 8.40. The molecule has 3 saturated carbocycles. The van der Waals surface area contributed by atoms with Crippen LogP contribution in [-0.4, -0.2) is 18.0 Å². The van der Waals surface area contributed by atoms with Gasteiger partial charge in [0, 0.05) is 12.1 Å². The minimum atomic E-state index is -0.250. The maximum atomic E-state index is 13.1. The van der Waals surface area contributed by atoms with Gasteiger partial charge in [-0.15, -0.1) is 12.4 Å². The van der Waals surface area contributed by atoms with Crippen LogP contribution in [0.5, 0.6) is 0 Å². The summed E-state index contributed by atoms with van der Waals surface area (Å²) in [6.07, 6.45) is 7.90. The maximum Gasteiger partial charge on any atom is 0.230 e. The molecule has 3 aliphatic carbocycles. The van der Waals surface area contributed by atoms with Crippen LogP contribution in [0.15, 0.2) is 24.3 Å². The van der Waals surface area contributed by atoms with Crippen molar-refractivity contribution in [2.45, 2.75) is 69.4 Å². The van der Waals surface area contributed by atoms with Crippen LogP contribution in [0.1, 0.15) is 56.1 Å². The van der Waals surface area contributed by atoms with E-state index in [-0.39, 0.29) is 23.7 Å². The molecule has 1 aromatic carbocycles. The van der Waals surface area contributed by atoms with Gasteiger partial charge in [-0.25, -0.2) is 0 Å². The summed E-state index contributed by atoms with van der Waals surface area (Å²) in [4.78, 5) is 13.1. The van der Waals surface area contributed by atoms with Gasteiger partial charge in [0.15, 0.2) is 0 Å². The Morgan fingerprint density at radius 1 is 1.21 bits per heavy atom. The minimum Gasteiger partial charge on any atom is -0.352 e. The summed E-state index contributed by atoms with van der Waals surface area (Å²) in [5, 5.41) is 3.47.